The Morgan fingerprint density at radius 3 is 1.91 bits per heavy atom. The van der Waals surface area contributed by atoms with Crippen molar-refractivity contribution < 1.29 is 24.1 Å². The molecule has 0 heterocycles. The summed E-state index contributed by atoms with van der Waals surface area (Å²) in [5.74, 6) is -1.35. The molecule has 0 radical (unpaired) electrons. The van der Waals surface area contributed by atoms with E-state index in [2.05, 4.69) is 21.3 Å². The Hall–Kier alpha value is -5.75. The summed E-state index contributed by atoms with van der Waals surface area (Å²) in [6, 6.07) is 27.5. The van der Waals surface area contributed by atoms with E-state index in [4.69, 9.17) is 0 Å². The van der Waals surface area contributed by atoms with Gasteiger partial charge in [-0.1, -0.05) is 18.2 Å². The van der Waals surface area contributed by atoms with Crippen molar-refractivity contribution in [1.82, 2.24) is 5.32 Å². The fraction of sp³-hybridized carbons (Fsp3) is 0.0625. The van der Waals surface area contributed by atoms with Crippen LogP contribution in [0.3, 0.4) is 0 Å². The van der Waals surface area contributed by atoms with Gasteiger partial charge in [-0.2, -0.15) is 0 Å². The number of benzene rings is 4. The lowest BCUT2D eigenvalue weighted by molar-refractivity contribution is -0.384. The van der Waals surface area contributed by atoms with E-state index in [1.54, 1.807) is 78.9 Å². The van der Waals surface area contributed by atoms with Crippen molar-refractivity contribution >= 4 is 64.2 Å². The summed E-state index contributed by atoms with van der Waals surface area (Å²) in [6.07, 6.45) is 1.43. The lowest BCUT2D eigenvalue weighted by atomic mass is 10.1. The van der Waals surface area contributed by atoms with E-state index >= 15 is 0 Å². The highest BCUT2D eigenvalue weighted by atomic mass is 32.2. The lowest BCUT2D eigenvalue weighted by Gasteiger charge is -2.12. The van der Waals surface area contributed by atoms with Gasteiger partial charge >= 0.3 is 0 Å². The Morgan fingerprint density at radius 1 is 0.750 bits per heavy atom. The molecule has 0 aliphatic carbocycles. The maximum Gasteiger partial charge on any atom is 0.272 e. The second kappa shape index (κ2) is 14.9. The highest BCUT2D eigenvalue weighted by molar-refractivity contribution is 8.00. The van der Waals surface area contributed by atoms with Crippen LogP contribution in [-0.2, 0) is 14.4 Å². The molecule has 4 aromatic rings. The van der Waals surface area contributed by atoms with E-state index in [1.807, 2.05) is 0 Å². The minimum Gasteiger partial charge on any atom is -0.326 e. The molecule has 0 aliphatic heterocycles. The van der Waals surface area contributed by atoms with Gasteiger partial charge in [0.15, 0.2) is 0 Å². The van der Waals surface area contributed by atoms with E-state index in [9.17, 15) is 29.3 Å². The van der Waals surface area contributed by atoms with Gasteiger partial charge in [0, 0.05) is 46.6 Å². The third-order valence-corrected chi connectivity index (χ3v) is 6.93. The van der Waals surface area contributed by atoms with Gasteiger partial charge in [-0.25, -0.2) is 0 Å². The van der Waals surface area contributed by atoms with Crippen molar-refractivity contribution in [2.24, 2.45) is 0 Å². The molecule has 0 bridgehead atoms. The van der Waals surface area contributed by atoms with E-state index in [0.29, 0.717) is 28.2 Å². The number of nitrogens with one attached hydrogen (secondary N) is 4. The van der Waals surface area contributed by atoms with Gasteiger partial charge in [0.2, 0.25) is 11.8 Å². The van der Waals surface area contributed by atoms with Crippen LogP contribution in [0.5, 0.6) is 0 Å². The quantitative estimate of drug-likeness (QED) is 0.0735. The topological polar surface area (TPSA) is 160 Å². The number of non-ortho nitro benzene ring substituents is 1. The fourth-order valence-corrected chi connectivity index (χ4v) is 4.52. The maximum atomic E-state index is 13.2. The van der Waals surface area contributed by atoms with Gasteiger partial charge in [-0.05, 0) is 84.4 Å². The molecule has 44 heavy (non-hydrogen) atoms. The minimum absolute atomic E-state index is 0.0621. The van der Waals surface area contributed by atoms with Crippen LogP contribution in [-0.4, -0.2) is 34.3 Å². The molecular formula is C32H27N5O6S. The molecule has 0 spiro atoms. The van der Waals surface area contributed by atoms with Crippen LogP contribution in [0.4, 0.5) is 22.7 Å². The molecule has 0 fully saturated rings. The summed E-state index contributed by atoms with van der Waals surface area (Å²) in [6.45, 7) is 1.42. The Labute approximate surface area is 256 Å². The van der Waals surface area contributed by atoms with Crippen LogP contribution < -0.4 is 21.3 Å². The molecule has 12 heteroatoms. The molecular weight excluding hydrogens is 582 g/mol. The number of hydrogen-bond donors (Lipinski definition) is 4. The Balaban J connectivity index is 1.38. The number of nitro benzene ring substituents is 1. The van der Waals surface area contributed by atoms with Crippen molar-refractivity contribution in [3.63, 3.8) is 0 Å². The van der Waals surface area contributed by atoms with Crippen molar-refractivity contribution in [2.45, 2.75) is 11.8 Å². The lowest BCUT2D eigenvalue weighted by Crippen LogP contribution is -2.30. The molecule has 4 rings (SSSR count). The number of carbonyl (C=O) groups is 4. The van der Waals surface area contributed by atoms with Crippen molar-refractivity contribution in [2.75, 3.05) is 21.7 Å². The number of amides is 4. The van der Waals surface area contributed by atoms with E-state index in [1.165, 1.54) is 49.0 Å². The number of carbonyl (C=O) groups excluding carboxylic acids is 4. The zero-order valence-corrected chi connectivity index (χ0v) is 24.2. The Kier molecular flexibility index (Phi) is 10.6. The SMILES string of the molecule is CC(=O)Nc1ccc(NC(=O)CSc2ccc(NC(=O)/C(=C/c3ccc([N+](=O)[O-])cc3)NC(=O)c3ccccc3)cc2)cc1. The van der Waals surface area contributed by atoms with Gasteiger partial charge in [0.1, 0.15) is 5.70 Å². The highest BCUT2D eigenvalue weighted by Gasteiger charge is 2.16. The highest BCUT2D eigenvalue weighted by Crippen LogP contribution is 2.22. The van der Waals surface area contributed by atoms with Gasteiger partial charge in [0.05, 0.1) is 10.7 Å². The summed E-state index contributed by atoms with van der Waals surface area (Å²) in [4.78, 5) is 60.8. The number of hydrogen-bond acceptors (Lipinski definition) is 7. The molecule has 4 amide bonds. The monoisotopic (exact) mass is 609 g/mol. The third kappa shape index (κ3) is 9.39. The predicted molar refractivity (Wildman–Crippen MR) is 170 cm³/mol. The first-order valence-electron chi connectivity index (χ1n) is 13.2. The van der Waals surface area contributed by atoms with Crippen molar-refractivity contribution in [1.29, 1.82) is 0 Å². The largest absolute Gasteiger partial charge is 0.326 e. The number of nitro groups is 1. The molecule has 0 saturated heterocycles. The molecule has 222 valence electrons. The van der Waals surface area contributed by atoms with Crippen LogP contribution in [0.2, 0.25) is 0 Å². The molecule has 0 aliphatic rings. The first-order chi connectivity index (χ1) is 21.2. The summed E-state index contributed by atoms with van der Waals surface area (Å²) in [7, 11) is 0. The van der Waals surface area contributed by atoms with E-state index in [-0.39, 0.29) is 29.0 Å². The van der Waals surface area contributed by atoms with Gasteiger partial charge in [-0.3, -0.25) is 29.3 Å². The van der Waals surface area contributed by atoms with Crippen molar-refractivity contribution in [3.8, 4) is 0 Å². The standard InChI is InChI=1S/C32H27N5O6S/c1-21(38)33-24-9-11-25(12-10-24)34-30(39)20-44-28-17-13-26(14-18-28)35-32(41)29(36-31(40)23-5-3-2-4-6-23)19-22-7-15-27(16-8-22)37(42)43/h2-19H,20H2,1H3,(H,33,38)(H,34,39)(H,35,41)(H,36,40)/b29-19-. The summed E-state index contributed by atoms with van der Waals surface area (Å²) >= 11 is 1.31. The molecule has 0 aromatic heterocycles. The first kappa shape index (κ1) is 31.2. The first-order valence-corrected chi connectivity index (χ1v) is 14.2. The average molecular weight is 610 g/mol. The van der Waals surface area contributed by atoms with Crippen LogP contribution in [0.1, 0.15) is 22.8 Å². The predicted octanol–water partition coefficient (Wildman–Crippen LogP) is 5.69. The van der Waals surface area contributed by atoms with Crippen LogP contribution in [0.15, 0.2) is 114 Å². The smallest absolute Gasteiger partial charge is 0.272 e. The zero-order valence-electron chi connectivity index (χ0n) is 23.4. The normalized spacial score (nSPS) is 10.8. The van der Waals surface area contributed by atoms with Crippen LogP contribution in [0, 0.1) is 10.1 Å². The third-order valence-electron chi connectivity index (χ3n) is 5.91. The number of thioether (sulfide) groups is 1. The molecule has 4 aromatic carbocycles. The van der Waals surface area contributed by atoms with Gasteiger partial charge in [0.25, 0.3) is 17.5 Å². The molecule has 0 unspecified atom stereocenters. The second-order valence-electron chi connectivity index (χ2n) is 9.30. The minimum atomic E-state index is -0.600. The second-order valence-corrected chi connectivity index (χ2v) is 10.3. The average Bonchev–Trinajstić information content (AvgIpc) is 3.01. The Bertz CT molecular complexity index is 1690. The number of anilines is 3. The van der Waals surface area contributed by atoms with Gasteiger partial charge in [-0.15, -0.1) is 11.8 Å². The van der Waals surface area contributed by atoms with Crippen molar-refractivity contribution in [3.05, 3.63) is 130 Å². The van der Waals surface area contributed by atoms with Gasteiger partial charge < -0.3 is 21.3 Å². The van der Waals surface area contributed by atoms with E-state index < -0.39 is 16.7 Å². The van der Waals surface area contributed by atoms with Crippen LogP contribution in [0.25, 0.3) is 6.08 Å². The number of rotatable bonds is 11. The van der Waals surface area contributed by atoms with Crippen LogP contribution >= 0.6 is 11.8 Å². The fourth-order valence-electron chi connectivity index (χ4n) is 3.82. The molecule has 4 N–H and O–H groups in total. The zero-order chi connectivity index (χ0) is 31.5. The summed E-state index contributed by atoms with van der Waals surface area (Å²) in [5, 5.41) is 21.8. The molecule has 0 atom stereocenters. The summed E-state index contributed by atoms with van der Waals surface area (Å²) in [5.41, 5.74) is 2.34. The van der Waals surface area contributed by atoms with E-state index in [0.717, 1.165) is 4.90 Å². The molecule has 0 saturated carbocycles. The Morgan fingerprint density at radius 2 is 1.32 bits per heavy atom. The number of nitrogens with zero attached hydrogens (tertiary/aromatic N) is 1. The maximum absolute atomic E-state index is 13.2. The summed E-state index contributed by atoms with van der Waals surface area (Å²) < 4.78 is 0. The molecule has 11 nitrogen and oxygen atoms in total.